The minimum Gasteiger partial charge on any atom is -0.507 e. The molecule has 2 aliphatic rings. The fourth-order valence-corrected chi connectivity index (χ4v) is 4.66. The summed E-state index contributed by atoms with van der Waals surface area (Å²) >= 11 is 0. The van der Waals surface area contributed by atoms with E-state index in [9.17, 15) is 14.7 Å². The number of anilines is 1. The van der Waals surface area contributed by atoms with Gasteiger partial charge in [-0.3, -0.25) is 14.5 Å². The number of benzene rings is 3. The highest BCUT2D eigenvalue weighted by Crippen LogP contribution is 2.43. The molecule has 0 spiro atoms. The average Bonchev–Trinajstić information content (AvgIpc) is 3.41. The molecule has 0 saturated carbocycles. The van der Waals surface area contributed by atoms with E-state index in [-0.39, 0.29) is 16.7 Å². The zero-order valence-corrected chi connectivity index (χ0v) is 19.5. The molecular weight excluding hydrogens is 426 g/mol. The van der Waals surface area contributed by atoms with Crippen LogP contribution in [0.25, 0.3) is 5.76 Å². The standard InChI is InChI=1S/C29H27NO4/c1-29(2,3)21-10-12-22(13-11-21)30-25(18-7-5-4-6-8-18)24(27(32)28(30)33)26(31)20-9-14-23-19(17-20)15-16-34-23/h4-14,17,25,31H,15-16H2,1-3H3/b26-24-. The first-order chi connectivity index (χ1) is 16.3. The van der Waals surface area contributed by atoms with Crippen molar-refractivity contribution in [3.05, 3.63) is 101 Å². The number of aliphatic hydroxyl groups is 1. The molecule has 3 aromatic carbocycles. The number of hydrogen-bond acceptors (Lipinski definition) is 4. The Morgan fingerprint density at radius 3 is 2.35 bits per heavy atom. The second-order valence-electron chi connectivity index (χ2n) is 9.80. The van der Waals surface area contributed by atoms with E-state index in [1.807, 2.05) is 60.7 Å². The lowest BCUT2D eigenvalue weighted by Gasteiger charge is -2.26. The lowest BCUT2D eigenvalue weighted by molar-refractivity contribution is -0.132. The summed E-state index contributed by atoms with van der Waals surface area (Å²) in [5, 5.41) is 11.3. The van der Waals surface area contributed by atoms with Gasteiger partial charge in [0.1, 0.15) is 11.5 Å². The molecule has 0 aromatic heterocycles. The number of nitrogens with zero attached hydrogens (tertiary/aromatic N) is 1. The topological polar surface area (TPSA) is 66.8 Å². The van der Waals surface area contributed by atoms with Crippen LogP contribution < -0.4 is 9.64 Å². The van der Waals surface area contributed by atoms with Crippen LogP contribution in [-0.2, 0) is 21.4 Å². The number of aliphatic hydroxyl groups excluding tert-OH is 1. The molecule has 5 rings (SSSR count). The van der Waals surface area contributed by atoms with E-state index in [4.69, 9.17) is 4.74 Å². The minimum absolute atomic E-state index is 0.0389. The summed E-state index contributed by atoms with van der Waals surface area (Å²) in [5.74, 6) is -0.724. The van der Waals surface area contributed by atoms with Crippen molar-refractivity contribution in [1.82, 2.24) is 0 Å². The zero-order chi connectivity index (χ0) is 24.0. The maximum absolute atomic E-state index is 13.3. The van der Waals surface area contributed by atoms with E-state index in [2.05, 4.69) is 20.8 Å². The van der Waals surface area contributed by atoms with Crippen molar-refractivity contribution in [2.45, 2.75) is 38.6 Å². The van der Waals surface area contributed by atoms with Gasteiger partial charge < -0.3 is 9.84 Å². The highest BCUT2D eigenvalue weighted by Gasteiger charge is 2.47. The van der Waals surface area contributed by atoms with Gasteiger partial charge in [-0.05, 0) is 52.4 Å². The van der Waals surface area contributed by atoms with Crippen molar-refractivity contribution in [2.75, 3.05) is 11.5 Å². The Kier molecular flexibility index (Phi) is 5.28. The minimum atomic E-state index is -0.730. The van der Waals surface area contributed by atoms with Crippen molar-refractivity contribution in [3.8, 4) is 5.75 Å². The van der Waals surface area contributed by atoms with Crippen molar-refractivity contribution in [2.24, 2.45) is 0 Å². The number of carbonyl (C=O) groups excluding carboxylic acids is 2. The summed E-state index contributed by atoms with van der Waals surface area (Å²) in [4.78, 5) is 28.1. The quantitative estimate of drug-likeness (QED) is 0.321. The van der Waals surface area contributed by atoms with E-state index < -0.39 is 17.7 Å². The molecular formula is C29H27NO4. The van der Waals surface area contributed by atoms with Crippen LogP contribution in [0.15, 0.2) is 78.4 Å². The SMILES string of the molecule is CC(C)(C)c1ccc(N2C(=O)C(=O)/C(=C(\O)c3ccc4c(c3)CCO4)C2c2ccccc2)cc1. The summed E-state index contributed by atoms with van der Waals surface area (Å²) in [6, 6.07) is 21.7. The molecule has 34 heavy (non-hydrogen) atoms. The van der Waals surface area contributed by atoms with Crippen molar-refractivity contribution >= 4 is 23.1 Å². The number of ketones is 1. The predicted octanol–water partition coefficient (Wildman–Crippen LogP) is 5.55. The normalized spacial score (nSPS) is 19.3. The summed E-state index contributed by atoms with van der Waals surface area (Å²) < 4.78 is 5.57. The van der Waals surface area contributed by atoms with Gasteiger partial charge in [0, 0.05) is 17.7 Å². The van der Waals surface area contributed by atoms with Crippen LogP contribution in [0.2, 0.25) is 0 Å². The summed E-state index contributed by atoms with van der Waals surface area (Å²) in [5.41, 5.74) is 4.04. The van der Waals surface area contributed by atoms with E-state index in [1.54, 1.807) is 12.1 Å². The third-order valence-corrected chi connectivity index (χ3v) is 6.53. The Hall–Kier alpha value is -3.86. The van der Waals surface area contributed by atoms with Gasteiger partial charge in [-0.25, -0.2) is 0 Å². The third-order valence-electron chi connectivity index (χ3n) is 6.53. The molecule has 1 N–H and O–H groups in total. The van der Waals surface area contributed by atoms with E-state index in [0.29, 0.717) is 17.9 Å². The van der Waals surface area contributed by atoms with Crippen molar-refractivity contribution in [3.63, 3.8) is 0 Å². The number of carbonyl (C=O) groups is 2. The van der Waals surface area contributed by atoms with E-state index >= 15 is 0 Å². The predicted molar refractivity (Wildman–Crippen MR) is 132 cm³/mol. The van der Waals surface area contributed by atoms with E-state index in [1.165, 1.54) is 4.90 Å². The Morgan fingerprint density at radius 1 is 0.971 bits per heavy atom. The highest BCUT2D eigenvalue weighted by atomic mass is 16.5. The maximum Gasteiger partial charge on any atom is 0.300 e. The molecule has 1 atom stereocenters. The molecule has 172 valence electrons. The molecule has 5 nitrogen and oxygen atoms in total. The number of fused-ring (bicyclic) bond motifs is 1. The summed E-state index contributed by atoms with van der Waals surface area (Å²) in [7, 11) is 0. The van der Waals surface area contributed by atoms with Gasteiger partial charge in [0.2, 0.25) is 0 Å². The van der Waals surface area contributed by atoms with Crippen LogP contribution >= 0.6 is 0 Å². The van der Waals surface area contributed by atoms with Crippen LogP contribution in [0.4, 0.5) is 5.69 Å². The molecule has 2 heterocycles. The van der Waals surface area contributed by atoms with Crippen LogP contribution in [0, 0.1) is 0 Å². The van der Waals surface area contributed by atoms with Crippen LogP contribution in [0.1, 0.15) is 49.1 Å². The lowest BCUT2D eigenvalue weighted by atomic mass is 9.87. The van der Waals surface area contributed by atoms with Crippen molar-refractivity contribution < 1.29 is 19.4 Å². The van der Waals surface area contributed by atoms with Gasteiger partial charge in [0.25, 0.3) is 11.7 Å². The molecule has 5 heteroatoms. The Morgan fingerprint density at radius 2 is 1.68 bits per heavy atom. The second kappa shape index (κ2) is 8.17. The number of hydrogen-bond donors (Lipinski definition) is 1. The maximum atomic E-state index is 13.3. The smallest absolute Gasteiger partial charge is 0.300 e. The second-order valence-corrected chi connectivity index (χ2v) is 9.80. The van der Waals surface area contributed by atoms with Gasteiger partial charge in [-0.2, -0.15) is 0 Å². The molecule has 3 aromatic rings. The lowest BCUT2D eigenvalue weighted by Crippen LogP contribution is -2.29. The van der Waals surface area contributed by atoms with Crippen molar-refractivity contribution in [1.29, 1.82) is 0 Å². The fraction of sp³-hybridized carbons (Fsp3) is 0.241. The van der Waals surface area contributed by atoms with Gasteiger partial charge in [-0.15, -0.1) is 0 Å². The Bertz CT molecular complexity index is 1300. The number of ether oxygens (including phenoxy) is 1. The number of Topliss-reactive ketones (excluding diaryl/α,β-unsaturated/α-hetero) is 1. The molecule has 0 aliphatic carbocycles. The molecule has 0 radical (unpaired) electrons. The Labute approximate surface area is 199 Å². The van der Waals surface area contributed by atoms with Crippen LogP contribution in [-0.4, -0.2) is 23.4 Å². The number of amides is 1. The molecule has 1 unspecified atom stereocenters. The van der Waals surface area contributed by atoms with Gasteiger partial charge >= 0.3 is 0 Å². The molecule has 1 amide bonds. The fourth-order valence-electron chi connectivity index (χ4n) is 4.66. The third kappa shape index (κ3) is 3.67. The first-order valence-electron chi connectivity index (χ1n) is 11.5. The van der Waals surface area contributed by atoms with Gasteiger partial charge in [-0.1, -0.05) is 63.2 Å². The molecule has 2 aliphatic heterocycles. The molecule has 1 fully saturated rings. The van der Waals surface area contributed by atoms with E-state index in [0.717, 1.165) is 28.9 Å². The average molecular weight is 454 g/mol. The largest absolute Gasteiger partial charge is 0.507 e. The zero-order valence-electron chi connectivity index (χ0n) is 19.5. The summed E-state index contributed by atoms with van der Waals surface area (Å²) in [6.45, 7) is 6.97. The first kappa shape index (κ1) is 22.0. The molecule has 0 bridgehead atoms. The van der Waals surface area contributed by atoms with Gasteiger partial charge in [0.15, 0.2) is 0 Å². The first-order valence-corrected chi connectivity index (χ1v) is 11.5. The summed E-state index contributed by atoms with van der Waals surface area (Å²) in [6.07, 6.45) is 0.743. The Balaban J connectivity index is 1.66. The number of rotatable bonds is 3. The van der Waals surface area contributed by atoms with Crippen LogP contribution in [0.5, 0.6) is 5.75 Å². The van der Waals surface area contributed by atoms with Gasteiger partial charge in [0.05, 0.1) is 18.2 Å². The monoisotopic (exact) mass is 453 g/mol. The highest BCUT2D eigenvalue weighted by molar-refractivity contribution is 6.51. The molecule has 1 saturated heterocycles. The van der Waals surface area contributed by atoms with Crippen LogP contribution in [0.3, 0.4) is 0 Å².